The molecule has 0 heterocycles. The van der Waals surface area contributed by atoms with Gasteiger partial charge in [-0.25, -0.2) is 9.59 Å². The van der Waals surface area contributed by atoms with Crippen molar-refractivity contribution in [1.82, 2.24) is 0 Å². The number of rotatable bonds is 5. The summed E-state index contributed by atoms with van der Waals surface area (Å²) in [6.07, 6.45) is 5.17. The summed E-state index contributed by atoms with van der Waals surface area (Å²) in [6, 6.07) is 4.15. The van der Waals surface area contributed by atoms with Crippen molar-refractivity contribution in [2.75, 3.05) is 14.2 Å². The highest BCUT2D eigenvalue weighted by Gasteiger charge is 2.40. The summed E-state index contributed by atoms with van der Waals surface area (Å²) >= 11 is 0. The van der Waals surface area contributed by atoms with Crippen molar-refractivity contribution in [1.29, 1.82) is 0 Å². The molecule has 0 N–H and O–H groups in total. The second kappa shape index (κ2) is 7.25. The van der Waals surface area contributed by atoms with Crippen LogP contribution in [0.2, 0.25) is 0 Å². The number of esters is 3. The zero-order valence-electron chi connectivity index (χ0n) is 14.4. The van der Waals surface area contributed by atoms with Crippen molar-refractivity contribution in [2.24, 2.45) is 17.8 Å². The molecule has 0 aromatic heterocycles. The molecule has 6 nitrogen and oxygen atoms in total. The fourth-order valence-electron chi connectivity index (χ4n) is 4.14. The number of fused-ring (bicyclic) bond motifs is 2. The first-order valence-corrected chi connectivity index (χ1v) is 8.52. The zero-order valence-corrected chi connectivity index (χ0v) is 14.4. The minimum absolute atomic E-state index is 0.133. The van der Waals surface area contributed by atoms with Gasteiger partial charge in [0.25, 0.3) is 0 Å². The molecule has 2 aliphatic rings. The fourth-order valence-corrected chi connectivity index (χ4v) is 4.14. The normalized spacial score (nSPS) is 24.0. The highest BCUT2D eigenvalue weighted by Crippen LogP contribution is 2.49. The second-order valence-electron chi connectivity index (χ2n) is 6.84. The third kappa shape index (κ3) is 3.83. The van der Waals surface area contributed by atoms with Gasteiger partial charge >= 0.3 is 17.9 Å². The number of ether oxygens (including phenoxy) is 3. The van der Waals surface area contributed by atoms with E-state index >= 15 is 0 Å². The third-order valence-corrected chi connectivity index (χ3v) is 5.29. The van der Waals surface area contributed by atoms with Crippen LogP contribution in [-0.2, 0) is 14.3 Å². The summed E-state index contributed by atoms with van der Waals surface area (Å²) in [5.41, 5.74) is 0.265. The third-order valence-electron chi connectivity index (χ3n) is 5.29. The van der Waals surface area contributed by atoms with E-state index in [1.165, 1.54) is 51.7 Å². The summed E-state index contributed by atoms with van der Waals surface area (Å²) in [6.45, 7) is 0. The van der Waals surface area contributed by atoms with Crippen molar-refractivity contribution in [3.63, 3.8) is 0 Å². The predicted octanol–water partition coefficient (Wildman–Crippen LogP) is 2.99. The molecule has 2 fully saturated rings. The smallest absolute Gasteiger partial charge is 0.338 e. The molecule has 0 amide bonds. The second-order valence-corrected chi connectivity index (χ2v) is 6.84. The summed E-state index contributed by atoms with van der Waals surface area (Å²) in [5, 5.41) is 0. The summed E-state index contributed by atoms with van der Waals surface area (Å²) < 4.78 is 14.7. The van der Waals surface area contributed by atoms with Crippen LogP contribution in [0.1, 0.15) is 52.8 Å². The Labute approximate surface area is 146 Å². The van der Waals surface area contributed by atoms with Crippen molar-refractivity contribution in [2.45, 2.75) is 32.1 Å². The molecule has 1 aromatic rings. The molecular formula is C19H22O6. The van der Waals surface area contributed by atoms with E-state index in [0.29, 0.717) is 18.3 Å². The molecule has 2 saturated carbocycles. The highest BCUT2D eigenvalue weighted by molar-refractivity contribution is 5.96. The molecule has 1 aromatic carbocycles. The maximum absolute atomic E-state index is 12.3. The lowest BCUT2D eigenvalue weighted by Gasteiger charge is -2.20. The van der Waals surface area contributed by atoms with Gasteiger partial charge in [0.15, 0.2) is 0 Å². The Kier molecular flexibility index (Phi) is 5.06. The van der Waals surface area contributed by atoms with Gasteiger partial charge in [0.05, 0.1) is 25.3 Å². The van der Waals surface area contributed by atoms with Crippen molar-refractivity contribution in [3.8, 4) is 5.75 Å². The average molecular weight is 346 g/mol. The van der Waals surface area contributed by atoms with Crippen LogP contribution in [0.15, 0.2) is 18.2 Å². The number of hydrogen-bond acceptors (Lipinski definition) is 6. The first-order valence-electron chi connectivity index (χ1n) is 8.52. The zero-order chi connectivity index (χ0) is 18.0. The van der Waals surface area contributed by atoms with Gasteiger partial charge in [0.2, 0.25) is 0 Å². The largest absolute Gasteiger partial charge is 0.465 e. The lowest BCUT2D eigenvalue weighted by atomic mass is 9.86. The van der Waals surface area contributed by atoms with E-state index in [9.17, 15) is 14.4 Å². The summed E-state index contributed by atoms with van der Waals surface area (Å²) in [5.74, 6) is 0.357. The standard InChI is InChI=1S/C19H22O6/c1-23-18(21)14-7-15(19(22)24-2)9-16(8-14)25-17(20)10-13-6-11-3-4-12(13)5-11/h7-9,11-13H,3-6,10H2,1-2H3/t11-,12-,13+/m0/s1. The molecule has 2 aliphatic carbocycles. The van der Waals surface area contributed by atoms with Crippen LogP contribution >= 0.6 is 0 Å². The lowest BCUT2D eigenvalue weighted by Crippen LogP contribution is -2.19. The molecule has 6 heteroatoms. The molecule has 2 bridgehead atoms. The minimum atomic E-state index is -0.615. The topological polar surface area (TPSA) is 78.9 Å². The molecule has 0 spiro atoms. The molecule has 25 heavy (non-hydrogen) atoms. The molecule has 0 radical (unpaired) electrons. The number of carbonyl (C=O) groups excluding carboxylic acids is 3. The maximum Gasteiger partial charge on any atom is 0.338 e. The molecule has 0 aliphatic heterocycles. The first-order chi connectivity index (χ1) is 12.0. The van der Waals surface area contributed by atoms with E-state index in [1.807, 2.05) is 0 Å². The van der Waals surface area contributed by atoms with Gasteiger partial charge in [-0.1, -0.05) is 6.42 Å². The average Bonchev–Trinajstić information content (AvgIpc) is 3.22. The first kappa shape index (κ1) is 17.5. The van der Waals surface area contributed by atoms with E-state index < -0.39 is 11.9 Å². The molecular weight excluding hydrogens is 324 g/mol. The number of hydrogen-bond donors (Lipinski definition) is 0. The Hall–Kier alpha value is -2.37. The molecule has 0 unspecified atom stereocenters. The van der Waals surface area contributed by atoms with E-state index in [0.717, 1.165) is 12.3 Å². The summed E-state index contributed by atoms with van der Waals surface area (Å²) in [7, 11) is 2.49. The quantitative estimate of drug-likeness (QED) is 0.602. The van der Waals surface area contributed by atoms with Crippen LogP contribution in [0.4, 0.5) is 0 Å². The van der Waals surface area contributed by atoms with Gasteiger partial charge in [0, 0.05) is 6.42 Å². The maximum atomic E-state index is 12.3. The number of methoxy groups -OCH3 is 2. The monoisotopic (exact) mass is 346 g/mol. The Balaban J connectivity index is 1.72. The highest BCUT2D eigenvalue weighted by atomic mass is 16.5. The van der Waals surface area contributed by atoms with Gasteiger partial charge in [-0.15, -0.1) is 0 Å². The van der Waals surface area contributed by atoms with Crippen LogP contribution < -0.4 is 4.74 Å². The van der Waals surface area contributed by atoms with Gasteiger partial charge in [0.1, 0.15) is 5.75 Å². The minimum Gasteiger partial charge on any atom is -0.465 e. The van der Waals surface area contributed by atoms with Gasteiger partial charge in [-0.3, -0.25) is 4.79 Å². The van der Waals surface area contributed by atoms with E-state index in [4.69, 9.17) is 4.74 Å². The Bertz CT molecular complexity index is 661. The van der Waals surface area contributed by atoms with E-state index in [1.54, 1.807) is 0 Å². The molecule has 3 atom stereocenters. The van der Waals surface area contributed by atoms with Crippen LogP contribution in [-0.4, -0.2) is 32.1 Å². The van der Waals surface area contributed by atoms with Gasteiger partial charge in [-0.05, 0) is 55.2 Å². The molecule has 0 saturated heterocycles. The van der Waals surface area contributed by atoms with Gasteiger partial charge < -0.3 is 14.2 Å². The Morgan fingerprint density at radius 3 is 2.08 bits per heavy atom. The van der Waals surface area contributed by atoms with Crippen molar-refractivity contribution in [3.05, 3.63) is 29.3 Å². The number of benzene rings is 1. The lowest BCUT2D eigenvalue weighted by molar-refractivity contribution is -0.135. The van der Waals surface area contributed by atoms with E-state index in [2.05, 4.69) is 9.47 Å². The van der Waals surface area contributed by atoms with Crippen molar-refractivity contribution < 1.29 is 28.6 Å². The van der Waals surface area contributed by atoms with Crippen LogP contribution in [0.5, 0.6) is 5.75 Å². The van der Waals surface area contributed by atoms with E-state index in [-0.39, 0.29) is 22.8 Å². The SMILES string of the molecule is COC(=O)c1cc(OC(=O)C[C@H]2C[C@H]3CC[C@H]2C3)cc(C(=O)OC)c1. The van der Waals surface area contributed by atoms with Gasteiger partial charge in [-0.2, -0.15) is 0 Å². The number of carbonyl (C=O) groups is 3. The molecule has 134 valence electrons. The Morgan fingerprint density at radius 1 is 0.960 bits per heavy atom. The van der Waals surface area contributed by atoms with Crippen LogP contribution in [0.3, 0.4) is 0 Å². The van der Waals surface area contributed by atoms with Crippen LogP contribution in [0, 0.1) is 17.8 Å². The summed E-state index contributed by atoms with van der Waals surface area (Å²) in [4.78, 5) is 35.8. The fraction of sp³-hybridized carbons (Fsp3) is 0.526. The molecule has 3 rings (SSSR count). The van der Waals surface area contributed by atoms with Crippen molar-refractivity contribution >= 4 is 17.9 Å². The van der Waals surface area contributed by atoms with Crippen LogP contribution in [0.25, 0.3) is 0 Å². The predicted molar refractivity (Wildman–Crippen MR) is 88.3 cm³/mol. The Morgan fingerprint density at radius 2 is 1.60 bits per heavy atom.